The highest BCUT2D eigenvalue weighted by Gasteiger charge is 2.36. The van der Waals surface area contributed by atoms with Crippen LogP contribution in [0.4, 0.5) is 0 Å². The Morgan fingerprint density at radius 2 is 1.92 bits per heavy atom. The first-order valence-corrected chi connectivity index (χ1v) is 14.7. The Kier molecular flexibility index (Phi) is 8.39. The van der Waals surface area contributed by atoms with E-state index in [1.165, 1.54) is 16.7 Å². The summed E-state index contributed by atoms with van der Waals surface area (Å²) in [6, 6.07) is 14.0. The number of sulfone groups is 1. The van der Waals surface area contributed by atoms with Crippen LogP contribution in [0.25, 0.3) is 6.08 Å². The molecule has 7 nitrogen and oxygen atoms in total. The number of rotatable bonds is 8. The third-order valence-corrected chi connectivity index (χ3v) is 9.45. The summed E-state index contributed by atoms with van der Waals surface area (Å²) in [5.41, 5.74) is 1.69. The van der Waals surface area contributed by atoms with Crippen LogP contribution in [0.5, 0.6) is 5.75 Å². The summed E-state index contributed by atoms with van der Waals surface area (Å²) >= 11 is 12.6. The zero-order chi connectivity index (χ0) is 25.9. The van der Waals surface area contributed by atoms with Crippen LogP contribution in [0, 0.1) is 0 Å². The van der Waals surface area contributed by atoms with Gasteiger partial charge in [0.25, 0.3) is 5.91 Å². The number of halogens is 1. The van der Waals surface area contributed by atoms with Crippen molar-refractivity contribution < 1.29 is 22.7 Å². The molecule has 2 heterocycles. The average molecular weight is 565 g/mol. The van der Waals surface area contributed by atoms with Crippen LogP contribution >= 0.6 is 35.6 Å². The average Bonchev–Trinajstić information content (AvgIpc) is 3.34. The second-order valence-electron chi connectivity index (χ2n) is 8.56. The largest absolute Gasteiger partial charge is 0.497 e. The minimum absolute atomic E-state index is 0.0341. The maximum Gasteiger partial charge on any atom is 0.266 e. The van der Waals surface area contributed by atoms with Gasteiger partial charge in [0.1, 0.15) is 10.1 Å². The van der Waals surface area contributed by atoms with Crippen molar-refractivity contribution in [3.63, 3.8) is 0 Å². The normalized spacial score (nSPS) is 20.2. The molecule has 0 bridgehead atoms. The van der Waals surface area contributed by atoms with E-state index in [0.717, 1.165) is 16.9 Å². The van der Waals surface area contributed by atoms with E-state index in [9.17, 15) is 18.0 Å². The Bertz CT molecular complexity index is 1290. The first-order valence-electron chi connectivity index (χ1n) is 11.3. The van der Waals surface area contributed by atoms with E-state index in [0.29, 0.717) is 20.7 Å². The Balaban J connectivity index is 1.44. The molecule has 0 spiro atoms. The summed E-state index contributed by atoms with van der Waals surface area (Å²) < 4.78 is 29.7. The van der Waals surface area contributed by atoms with Crippen molar-refractivity contribution in [1.82, 2.24) is 9.80 Å². The first kappa shape index (κ1) is 26.7. The summed E-state index contributed by atoms with van der Waals surface area (Å²) in [7, 11) is -1.59. The van der Waals surface area contributed by atoms with Gasteiger partial charge in [0, 0.05) is 30.6 Å². The number of carbonyl (C=O) groups is 2. The molecule has 0 saturated carbocycles. The summed E-state index contributed by atoms with van der Waals surface area (Å²) in [6.07, 6.45) is 2.19. The lowest BCUT2D eigenvalue weighted by Crippen LogP contribution is -2.42. The van der Waals surface area contributed by atoms with E-state index in [-0.39, 0.29) is 42.8 Å². The number of benzene rings is 2. The molecule has 36 heavy (non-hydrogen) atoms. The maximum atomic E-state index is 13.3. The number of nitrogens with zero attached hydrogens (tertiary/aromatic N) is 2. The summed E-state index contributed by atoms with van der Waals surface area (Å²) in [4.78, 5) is 29.8. The predicted octanol–water partition coefficient (Wildman–Crippen LogP) is 4.16. The van der Waals surface area contributed by atoms with Crippen LogP contribution in [0.15, 0.2) is 53.4 Å². The van der Waals surface area contributed by atoms with Gasteiger partial charge in [-0.25, -0.2) is 8.42 Å². The van der Waals surface area contributed by atoms with Gasteiger partial charge in [-0.05, 0) is 47.9 Å². The van der Waals surface area contributed by atoms with E-state index in [1.807, 2.05) is 36.4 Å². The number of thioether (sulfide) groups is 1. The van der Waals surface area contributed by atoms with Gasteiger partial charge in [0.2, 0.25) is 5.91 Å². The minimum atomic E-state index is -3.18. The van der Waals surface area contributed by atoms with Gasteiger partial charge < -0.3 is 9.64 Å². The molecular formula is C25H25ClN2O5S3. The molecule has 2 amide bonds. The molecule has 11 heteroatoms. The van der Waals surface area contributed by atoms with Gasteiger partial charge >= 0.3 is 0 Å². The third-order valence-electron chi connectivity index (χ3n) is 6.07. The summed E-state index contributed by atoms with van der Waals surface area (Å²) in [5.74, 6) is 0.253. The molecule has 2 aromatic rings. The second kappa shape index (κ2) is 11.3. The first-order chi connectivity index (χ1) is 17.1. The number of amides is 2. The van der Waals surface area contributed by atoms with E-state index in [4.69, 9.17) is 28.6 Å². The fraction of sp³-hybridized carbons (Fsp3) is 0.320. The number of hydrogen-bond donors (Lipinski definition) is 0. The highest BCUT2D eigenvalue weighted by Crippen LogP contribution is 2.33. The number of hydrogen-bond acceptors (Lipinski definition) is 7. The molecule has 0 radical (unpaired) electrons. The van der Waals surface area contributed by atoms with Gasteiger partial charge in [-0.3, -0.25) is 14.5 Å². The summed E-state index contributed by atoms with van der Waals surface area (Å²) in [5, 5.41) is 0.581. The van der Waals surface area contributed by atoms with Gasteiger partial charge in [-0.2, -0.15) is 0 Å². The van der Waals surface area contributed by atoms with Crippen LogP contribution in [0.2, 0.25) is 5.02 Å². The van der Waals surface area contributed by atoms with E-state index < -0.39 is 15.9 Å². The van der Waals surface area contributed by atoms with Gasteiger partial charge in [-0.1, -0.05) is 59.8 Å². The highest BCUT2D eigenvalue weighted by molar-refractivity contribution is 8.26. The fourth-order valence-electron chi connectivity index (χ4n) is 4.12. The molecule has 2 aliphatic heterocycles. The molecule has 2 saturated heterocycles. The van der Waals surface area contributed by atoms with Crippen LogP contribution in [-0.4, -0.2) is 65.6 Å². The fourth-order valence-corrected chi connectivity index (χ4v) is 7.29. The zero-order valence-electron chi connectivity index (χ0n) is 19.6. The quantitative estimate of drug-likeness (QED) is 0.352. The van der Waals surface area contributed by atoms with Crippen molar-refractivity contribution in [1.29, 1.82) is 0 Å². The smallest absolute Gasteiger partial charge is 0.266 e. The van der Waals surface area contributed by atoms with Crippen molar-refractivity contribution in [2.24, 2.45) is 0 Å². The predicted molar refractivity (Wildman–Crippen MR) is 147 cm³/mol. The van der Waals surface area contributed by atoms with Crippen LogP contribution in [0.3, 0.4) is 0 Å². The van der Waals surface area contributed by atoms with Crippen molar-refractivity contribution >= 4 is 67.6 Å². The molecule has 0 aromatic heterocycles. The molecule has 0 unspecified atom stereocenters. The van der Waals surface area contributed by atoms with E-state index >= 15 is 0 Å². The van der Waals surface area contributed by atoms with Crippen molar-refractivity contribution in [2.45, 2.75) is 25.4 Å². The lowest BCUT2D eigenvalue weighted by Gasteiger charge is -2.29. The molecule has 1 atom stereocenters. The molecule has 2 aliphatic rings. The molecule has 0 aliphatic carbocycles. The minimum Gasteiger partial charge on any atom is -0.497 e. The molecule has 2 aromatic carbocycles. The van der Waals surface area contributed by atoms with Crippen molar-refractivity contribution in [3.8, 4) is 5.75 Å². The molecule has 4 rings (SSSR count). The number of thiocarbonyl (C=S) groups is 1. The zero-order valence-corrected chi connectivity index (χ0v) is 22.8. The number of ether oxygens (including phenoxy) is 1. The highest BCUT2D eigenvalue weighted by atomic mass is 35.5. The lowest BCUT2D eigenvalue weighted by atomic mass is 10.1. The monoisotopic (exact) mass is 564 g/mol. The van der Waals surface area contributed by atoms with Crippen LogP contribution in [-0.2, 0) is 26.0 Å². The Hall–Kier alpha value is -2.40. The van der Waals surface area contributed by atoms with Crippen molar-refractivity contribution in [3.05, 3.63) is 69.6 Å². The topological polar surface area (TPSA) is 84.0 Å². The second-order valence-corrected chi connectivity index (χ2v) is 12.9. The summed E-state index contributed by atoms with van der Waals surface area (Å²) in [6.45, 7) is 0.395. The number of methoxy groups -OCH3 is 1. The van der Waals surface area contributed by atoms with E-state index in [2.05, 4.69) is 0 Å². The van der Waals surface area contributed by atoms with E-state index in [1.54, 1.807) is 30.2 Å². The maximum absolute atomic E-state index is 13.3. The molecule has 0 N–H and O–H groups in total. The Morgan fingerprint density at radius 3 is 2.53 bits per heavy atom. The van der Waals surface area contributed by atoms with Crippen LogP contribution < -0.4 is 4.74 Å². The molecular weight excluding hydrogens is 540 g/mol. The Morgan fingerprint density at radius 1 is 1.22 bits per heavy atom. The SMILES string of the molecule is COc1ccc(/C=C2\SC(=S)N(CCC(=O)N(Cc3ccc(Cl)cc3)[C@@H]3CCS(=O)(=O)C3)C2=O)cc1. The van der Waals surface area contributed by atoms with Crippen molar-refractivity contribution in [2.75, 3.05) is 25.2 Å². The van der Waals surface area contributed by atoms with Gasteiger partial charge in [-0.15, -0.1) is 0 Å². The van der Waals surface area contributed by atoms with Crippen LogP contribution in [0.1, 0.15) is 24.0 Å². The Labute approximate surface area is 225 Å². The molecule has 2 fully saturated rings. The molecule has 190 valence electrons. The lowest BCUT2D eigenvalue weighted by molar-refractivity contribution is -0.134. The van der Waals surface area contributed by atoms with Gasteiger partial charge in [0.05, 0.1) is 23.5 Å². The number of carbonyl (C=O) groups excluding carboxylic acids is 2. The third kappa shape index (κ3) is 6.47. The standard InChI is InChI=1S/C25H25ClN2O5S3/c1-33-21-8-4-17(5-9-21)14-22-24(30)27(25(34)35-22)12-10-23(29)28(20-11-13-36(31,32)16-20)15-18-2-6-19(26)7-3-18/h2-9,14,20H,10-13,15-16H2,1H3/b22-14-/t20-/m1/s1. The van der Waals surface area contributed by atoms with Gasteiger partial charge in [0.15, 0.2) is 9.84 Å².